The molecule has 2 rings (SSSR count). The van der Waals surface area contributed by atoms with Crippen LogP contribution in [-0.4, -0.2) is 3.21 Å². The minimum atomic E-state index is 0.557. The van der Waals surface area contributed by atoms with E-state index in [2.05, 4.69) is 58.9 Å². The second-order valence-corrected chi connectivity index (χ2v) is 7.46. The van der Waals surface area contributed by atoms with Gasteiger partial charge in [-0.1, -0.05) is 39.5 Å². The maximum atomic E-state index is 3.38. The molecule has 0 bridgehead atoms. The average Bonchev–Trinajstić information content (AvgIpc) is 2.93. The van der Waals surface area contributed by atoms with E-state index in [9.17, 15) is 0 Å². The van der Waals surface area contributed by atoms with Crippen molar-refractivity contribution in [3.05, 3.63) is 47.6 Å². The molecule has 1 heteroatoms. The fraction of sp³-hybridized carbons (Fsp3) is 0.500. The molecule has 0 heterocycles. The number of rotatable bonds is 2. The molecule has 0 nitrogen and oxygen atoms in total. The zero-order chi connectivity index (χ0) is 14.7. The second-order valence-electron chi connectivity index (χ2n) is 5.00. The van der Waals surface area contributed by atoms with Crippen molar-refractivity contribution in [2.24, 2.45) is 5.92 Å². The van der Waals surface area contributed by atoms with E-state index in [0.717, 1.165) is 6.42 Å². The SMILES string of the molecule is CCCC1=CC(C)[C-]=C1C.C[C](C)=[Zr+2].[C-]1=CC=CC1. The first-order chi connectivity index (χ1) is 8.97. The molecule has 19 heavy (non-hydrogen) atoms. The van der Waals surface area contributed by atoms with E-state index in [-0.39, 0.29) is 0 Å². The first-order valence-electron chi connectivity index (χ1n) is 7.02. The topological polar surface area (TPSA) is 0 Å². The normalized spacial score (nSPS) is 19.0. The van der Waals surface area contributed by atoms with Crippen LogP contribution in [-0.2, 0) is 24.2 Å². The van der Waals surface area contributed by atoms with Crippen molar-refractivity contribution in [1.29, 1.82) is 0 Å². The maximum Gasteiger partial charge on any atom is -0.109 e. The molecule has 0 aliphatic heterocycles. The van der Waals surface area contributed by atoms with Crippen molar-refractivity contribution in [2.75, 3.05) is 0 Å². The van der Waals surface area contributed by atoms with Crippen molar-refractivity contribution >= 4 is 3.21 Å². The number of hydrogen-bond donors (Lipinski definition) is 0. The summed E-state index contributed by atoms with van der Waals surface area (Å²) in [6.45, 7) is 10.8. The van der Waals surface area contributed by atoms with E-state index in [1.807, 2.05) is 12.2 Å². The first kappa shape index (κ1) is 18.7. The minimum Gasteiger partial charge on any atom is -0.273 e. The van der Waals surface area contributed by atoms with Crippen LogP contribution >= 0.6 is 0 Å². The van der Waals surface area contributed by atoms with Crippen molar-refractivity contribution in [2.45, 2.75) is 53.9 Å². The summed E-state index contributed by atoms with van der Waals surface area (Å²) in [5.41, 5.74) is 2.88. The van der Waals surface area contributed by atoms with Gasteiger partial charge in [0.15, 0.2) is 0 Å². The van der Waals surface area contributed by atoms with Crippen LogP contribution in [0.5, 0.6) is 0 Å². The zero-order valence-corrected chi connectivity index (χ0v) is 15.5. The molecule has 0 spiro atoms. The van der Waals surface area contributed by atoms with Gasteiger partial charge < -0.3 is 0 Å². The van der Waals surface area contributed by atoms with Crippen LogP contribution in [0.3, 0.4) is 0 Å². The summed E-state index contributed by atoms with van der Waals surface area (Å²) >= 11 is 1.55. The van der Waals surface area contributed by atoms with E-state index < -0.39 is 0 Å². The molecule has 102 valence electrons. The predicted octanol–water partition coefficient (Wildman–Crippen LogP) is 5.16. The maximum absolute atomic E-state index is 3.38. The minimum absolute atomic E-state index is 0.557. The summed E-state index contributed by atoms with van der Waals surface area (Å²) < 4.78 is 1.51. The van der Waals surface area contributed by atoms with E-state index >= 15 is 0 Å². The molecular formula is C18H26Zr. The van der Waals surface area contributed by atoms with Gasteiger partial charge in [0.25, 0.3) is 0 Å². The number of hydrogen-bond acceptors (Lipinski definition) is 0. The van der Waals surface area contributed by atoms with Gasteiger partial charge in [-0.2, -0.15) is 17.7 Å². The molecule has 0 aromatic carbocycles. The molecule has 0 aromatic rings. The van der Waals surface area contributed by atoms with Crippen molar-refractivity contribution in [1.82, 2.24) is 0 Å². The molecule has 2 aliphatic rings. The summed E-state index contributed by atoms with van der Waals surface area (Å²) in [5.74, 6) is 0.557. The third-order valence-electron chi connectivity index (χ3n) is 2.48. The Morgan fingerprint density at radius 1 is 1.42 bits per heavy atom. The molecule has 1 unspecified atom stereocenters. The van der Waals surface area contributed by atoms with Gasteiger partial charge in [0.1, 0.15) is 0 Å². The van der Waals surface area contributed by atoms with E-state index in [1.54, 1.807) is 24.2 Å². The molecule has 2 aliphatic carbocycles. The van der Waals surface area contributed by atoms with Gasteiger partial charge in [-0.05, 0) is 0 Å². The van der Waals surface area contributed by atoms with Crippen LogP contribution < -0.4 is 0 Å². The van der Waals surface area contributed by atoms with Crippen LogP contribution in [0, 0.1) is 18.1 Å². The molecule has 0 saturated heterocycles. The Morgan fingerprint density at radius 2 is 2.05 bits per heavy atom. The molecule has 0 aromatic heterocycles. The Balaban J connectivity index is 0.000000300. The average molecular weight is 334 g/mol. The molecule has 0 saturated carbocycles. The van der Waals surface area contributed by atoms with Gasteiger partial charge in [-0.25, -0.2) is 17.7 Å². The molecule has 0 amide bonds. The summed E-state index contributed by atoms with van der Waals surface area (Å²) in [6.07, 6.45) is 18.2. The third-order valence-corrected chi connectivity index (χ3v) is 2.48. The molecule has 0 fully saturated rings. The van der Waals surface area contributed by atoms with Crippen molar-refractivity contribution in [3.63, 3.8) is 0 Å². The van der Waals surface area contributed by atoms with Crippen LogP contribution in [0.4, 0.5) is 0 Å². The Morgan fingerprint density at radius 3 is 2.32 bits per heavy atom. The Hall–Kier alpha value is -0.287. The summed E-state index contributed by atoms with van der Waals surface area (Å²) in [4.78, 5) is 0. The van der Waals surface area contributed by atoms with Gasteiger partial charge in [-0.15, -0.1) is 6.42 Å². The van der Waals surface area contributed by atoms with Crippen LogP contribution in [0.25, 0.3) is 0 Å². The fourth-order valence-corrected chi connectivity index (χ4v) is 1.78. The van der Waals surface area contributed by atoms with Crippen LogP contribution in [0.15, 0.2) is 35.5 Å². The Kier molecular flexibility index (Phi) is 11.4. The van der Waals surface area contributed by atoms with Crippen molar-refractivity contribution < 1.29 is 24.2 Å². The van der Waals surface area contributed by atoms with Crippen molar-refractivity contribution in [3.8, 4) is 0 Å². The zero-order valence-electron chi connectivity index (χ0n) is 13.0. The van der Waals surface area contributed by atoms with Gasteiger partial charge in [0.05, 0.1) is 0 Å². The third kappa shape index (κ3) is 11.3. The van der Waals surface area contributed by atoms with Gasteiger partial charge in [0.2, 0.25) is 0 Å². The van der Waals surface area contributed by atoms with Gasteiger partial charge >= 0.3 is 41.3 Å². The molecule has 0 N–H and O–H groups in total. The van der Waals surface area contributed by atoms with Crippen LogP contribution in [0.2, 0.25) is 0 Å². The molecule has 0 radical (unpaired) electrons. The van der Waals surface area contributed by atoms with E-state index in [4.69, 9.17) is 0 Å². The summed E-state index contributed by atoms with van der Waals surface area (Å²) in [7, 11) is 0. The second kappa shape index (κ2) is 11.5. The summed E-state index contributed by atoms with van der Waals surface area (Å²) in [6, 6.07) is 0. The summed E-state index contributed by atoms with van der Waals surface area (Å²) in [5, 5.41) is 0. The smallest absolute Gasteiger partial charge is 0.109 e. The van der Waals surface area contributed by atoms with E-state index in [1.165, 1.54) is 27.2 Å². The predicted molar refractivity (Wildman–Crippen MR) is 82.5 cm³/mol. The quantitative estimate of drug-likeness (QED) is 0.612. The monoisotopic (exact) mass is 332 g/mol. The van der Waals surface area contributed by atoms with Gasteiger partial charge in [0, 0.05) is 0 Å². The Bertz CT molecular complexity index is 366. The largest absolute Gasteiger partial charge is 0.273 e. The van der Waals surface area contributed by atoms with Gasteiger partial charge in [-0.3, -0.25) is 12.2 Å². The molecular weight excluding hydrogens is 307 g/mol. The fourth-order valence-electron chi connectivity index (χ4n) is 1.78. The molecule has 1 atom stereocenters. The standard InChI is InChI=1S/C10H15.C5H5.C3H6.Zr/c1-4-5-10-7-8(2)6-9(10)3;1-2-4-5-3-1;1-3-2;/h7-8H,4-5H2,1-3H3;1-3H,4H2;1-2H3;/q2*-1;;+2. The Labute approximate surface area is 134 Å². The van der Waals surface area contributed by atoms with E-state index in [0.29, 0.717) is 5.92 Å². The number of allylic oxidation sites excluding steroid dienone is 8. The first-order valence-corrected chi connectivity index (χ1v) is 8.24. The van der Waals surface area contributed by atoms with Crippen LogP contribution in [0.1, 0.15) is 53.9 Å².